The van der Waals surface area contributed by atoms with Gasteiger partial charge in [-0.15, -0.1) is 0 Å². The van der Waals surface area contributed by atoms with Gasteiger partial charge in [0.15, 0.2) is 0 Å². The standard InChI is InChI=1S/C12H19N3O4S.C12H19N3O3S.C11H16F3N3O2S.C10H17N3O2S.C9H14FN3O2S/c1-6-10(13)7(2)12(8(3)11(6)14)20(18,19)15-5-4-9(16)17;1-6(16)4-5-9-10(13)7(2)12(19(15,17)18)8(3)11(9)14;1-5-8(15)6(2)10(7(3)9(5)16)20(18,19)17-4-11(12,13)14;1-5-8(11)6(2)10(7(3)9(5)12)16(14,15)13-4;1-4-7(11)6(3-10)8(12)5(2)9(4)16(13,14)15/h15H,4-5,13-14H2,1-3H3,(H,16,17);4-5,13-14H2,1-3H3,(H2,15,17,18);17H,4,15-16H2,1-3H3;13H,11-12H2,1-4H3;3,11-12H2,1-2H3,(H2,13,14,15). The number of carbonyl (C=O) groups excluding carboxylic acids is 1. The first-order chi connectivity index (χ1) is 41.0. The summed E-state index contributed by atoms with van der Waals surface area (Å²) in [4.78, 5) is 21.2. The first-order valence-electron chi connectivity index (χ1n) is 26.6. The van der Waals surface area contributed by atoms with Gasteiger partial charge in [-0.3, -0.25) is 4.79 Å². The number of nitrogens with one attached hydrogen (secondary N) is 3. The third-order valence-electron chi connectivity index (χ3n) is 14.8. The average molecular weight is 1390 g/mol. The van der Waals surface area contributed by atoms with Crippen molar-refractivity contribution < 1.29 is 74.3 Å². The first-order valence-corrected chi connectivity index (χ1v) is 34.1. The zero-order valence-corrected chi connectivity index (χ0v) is 57.2. The van der Waals surface area contributed by atoms with Crippen LogP contribution < -0.4 is 81.8 Å². The van der Waals surface area contributed by atoms with Crippen LogP contribution in [-0.4, -0.2) is 85.3 Å². The van der Waals surface area contributed by atoms with Crippen LogP contribution >= 0.6 is 0 Å². The summed E-state index contributed by atoms with van der Waals surface area (Å²) in [6.07, 6.45) is -4.24. The number of hydrogen-bond acceptors (Lipinski definition) is 22. The van der Waals surface area contributed by atoms with E-state index in [1.54, 1.807) is 62.3 Å². The van der Waals surface area contributed by atoms with Crippen molar-refractivity contribution in [2.45, 2.75) is 154 Å². The molecule has 0 aliphatic rings. The van der Waals surface area contributed by atoms with Crippen molar-refractivity contribution in [3.63, 3.8) is 0 Å². The summed E-state index contributed by atoms with van der Waals surface area (Å²) in [6.45, 7) is 19.4. The number of rotatable bonds is 16. The second-order valence-electron chi connectivity index (χ2n) is 21.0. The van der Waals surface area contributed by atoms with Crippen molar-refractivity contribution in [2.24, 2.45) is 10.3 Å². The van der Waals surface area contributed by atoms with Crippen LogP contribution in [0.2, 0.25) is 0 Å². The van der Waals surface area contributed by atoms with Gasteiger partial charge in [0.25, 0.3) is 0 Å². The van der Waals surface area contributed by atoms with Crippen molar-refractivity contribution in [1.82, 2.24) is 14.2 Å². The number of carboxylic acid groups (broad SMARTS) is 1. The molecule has 0 amide bonds. The highest BCUT2D eigenvalue weighted by Crippen LogP contribution is 2.39. The van der Waals surface area contributed by atoms with Crippen LogP contribution in [-0.2, 0) is 72.8 Å². The van der Waals surface area contributed by atoms with E-state index in [-0.39, 0.29) is 105 Å². The summed E-state index contributed by atoms with van der Waals surface area (Å²) < 4.78 is 173. The van der Waals surface area contributed by atoms with Crippen LogP contribution in [0.15, 0.2) is 24.5 Å². The lowest BCUT2D eigenvalue weighted by molar-refractivity contribution is -0.136. The van der Waals surface area contributed by atoms with E-state index in [0.717, 1.165) is 5.56 Å². The lowest BCUT2D eigenvalue weighted by atomic mass is 9.97. The van der Waals surface area contributed by atoms with Gasteiger partial charge in [-0.1, -0.05) is 0 Å². The van der Waals surface area contributed by atoms with Gasteiger partial charge in [-0.05, 0) is 188 Å². The van der Waals surface area contributed by atoms with Crippen LogP contribution in [0.4, 0.5) is 74.4 Å². The van der Waals surface area contributed by atoms with Crippen LogP contribution in [0, 0.1) is 90.0 Å². The third kappa shape index (κ3) is 19.3. The fourth-order valence-corrected chi connectivity index (χ4v) is 15.9. The van der Waals surface area contributed by atoms with Gasteiger partial charge in [-0.25, -0.2) is 70.9 Å². The summed E-state index contributed by atoms with van der Waals surface area (Å²) in [7, 11) is -18.2. The van der Waals surface area contributed by atoms with E-state index >= 15 is 0 Å². The monoisotopic (exact) mass is 1390 g/mol. The molecule has 0 fully saturated rings. The van der Waals surface area contributed by atoms with E-state index in [4.69, 9.17) is 72.7 Å². The number of halogens is 4. The minimum Gasteiger partial charge on any atom is -0.481 e. The molecule has 0 atom stereocenters. The lowest BCUT2D eigenvalue weighted by Gasteiger charge is -2.18. The quantitative estimate of drug-likeness (QED) is 0.0489. The lowest BCUT2D eigenvalue weighted by Crippen LogP contribution is -2.34. The van der Waals surface area contributed by atoms with Crippen molar-refractivity contribution in [3.8, 4) is 0 Å². The molecule has 91 heavy (non-hydrogen) atoms. The number of carbonyl (C=O) groups is 2. The molecule has 0 aromatic heterocycles. The molecule has 5 aromatic rings. The highest BCUT2D eigenvalue weighted by molar-refractivity contribution is 7.90. The molecular weight excluding hydrogens is 1300 g/mol. The SMILES string of the molecule is CC(=O)CCc1c(N)c(C)c(S(N)(=O)=O)c(C)c1N.CNS(=O)(=O)c1c(C)c(N)c(C)c(N)c1C.Cc1c(N)c(C)c(S(=O)(=O)NCC(F)(F)F)c(C)c1N.Cc1c(N)c(C)c(S(=O)(=O)NCCC(=O)O)c(C)c1N.Cc1c(N)c(CF)c(N)c(C)c1S(N)(=O)=O. The smallest absolute Gasteiger partial charge is 0.402 e. The van der Waals surface area contributed by atoms with Gasteiger partial charge < -0.3 is 67.2 Å². The molecule has 28 N–H and O–H groups in total. The van der Waals surface area contributed by atoms with Gasteiger partial charge in [0.05, 0.1) is 30.9 Å². The molecule has 0 saturated heterocycles. The van der Waals surface area contributed by atoms with E-state index in [2.05, 4.69) is 9.44 Å². The number of hydrogen-bond donors (Lipinski definition) is 16. The van der Waals surface area contributed by atoms with Gasteiger partial charge in [-0.2, -0.15) is 13.2 Å². The molecule has 0 unspecified atom stereocenters. The Kier molecular flexibility index (Phi) is 27.6. The van der Waals surface area contributed by atoms with Crippen LogP contribution in [0.5, 0.6) is 0 Å². The number of alkyl halides is 4. The van der Waals surface area contributed by atoms with Gasteiger partial charge in [0, 0.05) is 75.4 Å². The van der Waals surface area contributed by atoms with Crippen LogP contribution in [0.25, 0.3) is 0 Å². The number of carboxylic acids is 1. The van der Waals surface area contributed by atoms with Gasteiger partial charge in [0.2, 0.25) is 50.1 Å². The first kappa shape index (κ1) is 81.5. The number of nitrogens with two attached hydrogens (primary N) is 12. The Bertz CT molecular complexity index is 4120. The second-order valence-corrected chi connectivity index (χ2v) is 29.2. The maximum Gasteiger partial charge on any atom is 0.402 e. The van der Waals surface area contributed by atoms with Crippen molar-refractivity contribution in [3.05, 3.63) is 83.5 Å². The van der Waals surface area contributed by atoms with Crippen molar-refractivity contribution >= 4 is 119 Å². The Hall–Kier alpha value is -7.49. The molecule has 5 rings (SSSR count). The summed E-state index contributed by atoms with van der Waals surface area (Å²) in [6, 6.07) is 0. The van der Waals surface area contributed by atoms with Gasteiger partial charge in [0.1, 0.15) is 19.0 Å². The topological polar surface area (TPSA) is 573 Å². The fourth-order valence-electron chi connectivity index (χ4n) is 9.44. The predicted molar refractivity (Wildman–Crippen MR) is 349 cm³/mol. The normalized spacial score (nSPS) is 11.9. The molecule has 0 heterocycles. The molecule has 0 saturated carbocycles. The van der Waals surface area contributed by atoms with E-state index in [0.29, 0.717) is 85.7 Å². The number of benzene rings is 5. The number of Topliss-reactive ketones (excluding diaryl/α,β-unsaturated/α-hetero) is 1. The third-order valence-corrected chi connectivity index (χ3v) is 22.2. The number of anilines is 10. The maximum absolute atomic E-state index is 12.7. The zero-order valence-electron chi connectivity index (χ0n) is 53.1. The van der Waals surface area contributed by atoms with Crippen molar-refractivity contribution in [2.75, 3.05) is 77.5 Å². The van der Waals surface area contributed by atoms with E-state index in [9.17, 15) is 69.2 Å². The molecular formula is C54H85F4N15O13S5. The van der Waals surface area contributed by atoms with Crippen LogP contribution in [0.3, 0.4) is 0 Å². The molecule has 37 heteroatoms. The van der Waals surface area contributed by atoms with E-state index < -0.39 is 75.5 Å². The van der Waals surface area contributed by atoms with Gasteiger partial charge >= 0.3 is 12.1 Å². The second kappa shape index (κ2) is 30.8. The molecule has 0 radical (unpaired) electrons. The number of ketones is 1. The minimum absolute atomic E-state index is 0.0171. The summed E-state index contributed by atoms with van der Waals surface area (Å²) in [5.74, 6) is -1.06. The highest BCUT2D eigenvalue weighted by Gasteiger charge is 2.33. The molecule has 0 aliphatic carbocycles. The van der Waals surface area contributed by atoms with Crippen LogP contribution in [0.1, 0.15) is 103 Å². The highest BCUT2D eigenvalue weighted by atomic mass is 32.2. The Morgan fingerprint density at radius 1 is 0.407 bits per heavy atom. The Morgan fingerprint density at radius 3 is 0.890 bits per heavy atom. The number of nitrogen functional groups attached to an aromatic ring is 10. The number of primary sulfonamides is 2. The Labute approximate surface area is 529 Å². The molecule has 512 valence electrons. The molecule has 28 nitrogen and oxygen atoms in total. The maximum atomic E-state index is 12.7. The summed E-state index contributed by atoms with van der Waals surface area (Å²) in [5.41, 5.74) is 66.5. The average Bonchev–Trinajstić information content (AvgIpc) is 0.823. The van der Waals surface area contributed by atoms with E-state index in [1.807, 2.05) is 0 Å². The fraction of sp³-hybridized carbons (Fsp3) is 0.407. The van der Waals surface area contributed by atoms with Crippen molar-refractivity contribution in [1.29, 1.82) is 0 Å². The molecule has 5 aromatic carbocycles. The largest absolute Gasteiger partial charge is 0.481 e. The number of sulfonamides is 5. The zero-order chi connectivity index (χ0) is 71.8. The number of aliphatic carboxylic acids is 1. The van der Waals surface area contributed by atoms with E-state index in [1.165, 1.54) is 46.4 Å². The summed E-state index contributed by atoms with van der Waals surface area (Å²) in [5, 5.41) is 18.8. The predicted octanol–water partition coefficient (Wildman–Crippen LogP) is 4.05. The molecule has 0 bridgehead atoms. The Balaban J connectivity index is 0.000000571. The molecule has 0 aliphatic heterocycles. The minimum atomic E-state index is -4.64. The Morgan fingerprint density at radius 2 is 0.659 bits per heavy atom. The summed E-state index contributed by atoms with van der Waals surface area (Å²) >= 11 is 0. The molecule has 0 spiro atoms.